The van der Waals surface area contributed by atoms with Gasteiger partial charge in [0.15, 0.2) is 25.0 Å². The van der Waals surface area contributed by atoms with E-state index in [1.165, 1.54) is 6.92 Å². The molecule has 0 radical (unpaired) electrons. The molecule has 0 aromatic rings. The first-order valence-corrected chi connectivity index (χ1v) is 26.9. The number of aliphatic carboxylic acids is 1. The number of carbonyl (C=O) groups is 3. The van der Waals surface area contributed by atoms with E-state index >= 15 is 0 Å². The van der Waals surface area contributed by atoms with Crippen molar-refractivity contribution in [3.05, 3.63) is 23.3 Å². The van der Waals surface area contributed by atoms with Gasteiger partial charge >= 0.3 is 17.9 Å². The van der Waals surface area contributed by atoms with Crippen molar-refractivity contribution < 1.29 is 108 Å². The minimum Gasteiger partial charge on any atom is -0.479 e. The third kappa shape index (κ3) is 9.42. The van der Waals surface area contributed by atoms with Crippen molar-refractivity contribution in [3.63, 3.8) is 0 Å². The normalized spacial score (nSPS) is 49.9. The topological polar surface area (TPSA) is 348 Å². The molecule has 0 aromatic carbocycles. The maximum atomic E-state index is 13.4. The van der Waals surface area contributed by atoms with Crippen molar-refractivity contribution in [1.29, 1.82) is 0 Å². The SMILES string of the molecule is C/C=C(\C)C(=O)O[C@H]1[C@H](OC(C)=O)[C@]2(CO)[C@H](O)C[C@]3(C)C(=CCC4[C@@]5(C)CC[C@H](O[C@@H]6O[C@H](C(=O)O)[C@@H](O[C@@H]7O[C@H](CO)[C@@H](O)[C@H](O)[C@H]7O)[C@H](O)[C@H]6O[C@@H]6OC[C@@H](O)[C@H](O)[C@H]6O)C(C)(C)C5CC[C@]43C)[C@@H]2CC1(C)C. The molecule has 3 aliphatic heterocycles. The molecule has 76 heavy (non-hydrogen) atoms. The lowest BCUT2D eigenvalue weighted by molar-refractivity contribution is -0.386. The zero-order chi connectivity index (χ0) is 56.2. The highest BCUT2D eigenvalue weighted by atomic mass is 16.8. The highest BCUT2D eigenvalue weighted by Crippen LogP contribution is 2.76. The summed E-state index contributed by atoms with van der Waals surface area (Å²) in [5.41, 5.74) is -2.80. The molecule has 4 saturated carbocycles. The van der Waals surface area contributed by atoms with E-state index < -0.39 is 181 Å². The summed E-state index contributed by atoms with van der Waals surface area (Å²) in [6, 6.07) is 0. The molecule has 7 fully saturated rings. The Morgan fingerprint density at radius 3 is 2.00 bits per heavy atom. The summed E-state index contributed by atoms with van der Waals surface area (Å²) in [5.74, 6) is -3.30. The van der Waals surface area contributed by atoms with Crippen molar-refractivity contribution in [2.24, 2.45) is 50.2 Å². The summed E-state index contributed by atoms with van der Waals surface area (Å²) in [6.07, 6.45) is -21.8. The molecule has 5 aliphatic carbocycles. The van der Waals surface area contributed by atoms with E-state index in [2.05, 4.69) is 40.7 Å². The second-order valence-corrected chi connectivity index (χ2v) is 25.2. The van der Waals surface area contributed by atoms with Crippen LogP contribution in [0.2, 0.25) is 0 Å². The van der Waals surface area contributed by atoms with Crippen LogP contribution in [0.25, 0.3) is 0 Å². The summed E-state index contributed by atoms with van der Waals surface area (Å²) >= 11 is 0. The number of rotatable bonds is 12. The standard InChI is InChI=1S/C54H84O22/c1-11-23(2)45(68)76-42-43(70-24(3)57)54(22-56)26(18-49(42,4)5)25-12-13-30-51(8)16-15-32(50(6,7)29(51)14-17-52(30,9)53(25,10)19-31(54)59)72-48-40(74-46-36(63)33(60)27(58)21-69-46)38(65)39(41(75-48)44(66)67)73-47-37(64)35(62)34(61)28(20-55)71-47/h11-12,26-43,46-48,55-56,58-65H,13-22H2,1-10H3,(H,66,67)/b23-11+/t26-,27+,28+,29?,30?,31+,32-,33-,34+,35-,36+,37+,38-,39-,40+,41-,42-,43-,46-,47-,48+,51-,52+,53+,54-/m0/s1. The van der Waals surface area contributed by atoms with Crippen LogP contribution in [-0.2, 0) is 52.3 Å². The number of esters is 2. The fourth-order valence-electron chi connectivity index (χ4n) is 15.9. The fourth-order valence-corrected chi connectivity index (χ4v) is 15.9. The van der Waals surface area contributed by atoms with Crippen LogP contribution in [0.5, 0.6) is 0 Å². The first-order valence-electron chi connectivity index (χ1n) is 26.9. The van der Waals surface area contributed by atoms with Gasteiger partial charge in [-0.1, -0.05) is 66.2 Å². The number of hydrogen-bond donors (Lipinski definition) is 11. The molecule has 0 amide bonds. The molecule has 8 aliphatic rings. The molecule has 0 bridgehead atoms. The summed E-state index contributed by atoms with van der Waals surface area (Å²) in [4.78, 5) is 39.4. The average Bonchev–Trinajstić information content (AvgIpc) is 3.45. The maximum absolute atomic E-state index is 13.4. The molecular formula is C54H84O22. The Morgan fingerprint density at radius 1 is 0.724 bits per heavy atom. The van der Waals surface area contributed by atoms with E-state index in [0.29, 0.717) is 44.1 Å². The molecule has 0 spiro atoms. The van der Waals surface area contributed by atoms with E-state index in [9.17, 15) is 70.6 Å². The van der Waals surface area contributed by atoms with Gasteiger partial charge in [-0.3, -0.25) is 4.79 Å². The van der Waals surface area contributed by atoms with Crippen LogP contribution in [0, 0.1) is 50.2 Å². The number of aliphatic hydroxyl groups excluding tert-OH is 10. The number of fused-ring (bicyclic) bond motifs is 7. The molecule has 25 atom stereocenters. The molecule has 2 unspecified atom stereocenters. The largest absolute Gasteiger partial charge is 0.479 e. The van der Waals surface area contributed by atoms with Gasteiger partial charge in [0.05, 0.1) is 37.4 Å². The van der Waals surface area contributed by atoms with Gasteiger partial charge in [0.25, 0.3) is 0 Å². The van der Waals surface area contributed by atoms with Gasteiger partial charge in [-0.05, 0) is 98.2 Å². The molecule has 8 rings (SSSR count). The van der Waals surface area contributed by atoms with Crippen LogP contribution in [0.15, 0.2) is 23.3 Å². The number of ether oxygens (including phenoxy) is 8. The van der Waals surface area contributed by atoms with E-state index in [-0.39, 0.29) is 23.7 Å². The second-order valence-electron chi connectivity index (χ2n) is 25.2. The number of hydrogen-bond acceptors (Lipinski definition) is 21. The first kappa shape index (κ1) is 59.4. The predicted octanol–water partition coefficient (Wildman–Crippen LogP) is 0.346. The Hall–Kier alpha value is -2.75. The van der Waals surface area contributed by atoms with Crippen LogP contribution in [0.3, 0.4) is 0 Å². The van der Waals surface area contributed by atoms with Gasteiger partial charge in [0.2, 0.25) is 0 Å². The number of allylic oxidation sites excluding steroid dienone is 3. The van der Waals surface area contributed by atoms with E-state index in [1.54, 1.807) is 19.9 Å². The molecule has 0 aromatic heterocycles. The van der Waals surface area contributed by atoms with Crippen LogP contribution in [0.4, 0.5) is 0 Å². The number of carboxylic acids is 1. The molecule has 3 saturated heterocycles. The van der Waals surface area contributed by atoms with Crippen molar-refractivity contribution in [3.8, 4) is 0 Å². The third-order valence-electron chi connectivity index (χ3n) is 20.5. The number of carboxylic acid groups (broad SMARTS) is 1. The van der Waals surface area contributed by atoms with Crippen LogP contribution >= 0.6 is 0 Å². The van der Waals surface area contributed by atoms with E-state index in [4.69, 9.17) is 37.9 Å². The Kier molecular flexibility index (Phi) is 16.6. The highest BCUT2D eigenvalue weighted by Gasteiger charge is 2.74. The molecule has 11 N–H and O–H groups in total. The van der Waals surface area contributed by atoms with Gasteiger partial charge in [-0.15, -0.1) is 0 Å². The fraction of sp³-hybridized carbons (Fsp3) is 0.870. The van der Waals surface area contributed by atoms with Gasteiger partial charge in [0.1, 0.15) is 73.2 Å². The molecule has 3 heterocycles. The predicted molar refractivity (Wildman–Crippen MR) is 262 cm³/mol. The molecular weight excluding hydrogens is 1000 g/mol. The van der Waals surface area contributed by atoms with Crippen LogP contribution in [-0.4, -0.2) is 204 Å². The van der Waals surface area contributed by atoms with Gasteiger partial charge in [0, 0.05) is 17.9 Å². The molecule has 22 nitrogen and oxygen atoms in total. The van der Waals surface area contributed by atoms with Crippen molar-refractivity contribution >= 4 is 17.9 Å². The van der Waals surface area contributed by atoms with Gasteiger partial charge in [-0.2, -0.15) is 0 Å². The van der Waals surface area contributed by atoms with Crippen molar-refractivity contribution in [2.45, 2.75) is 225 Å². The zero-order valence-electron chi connectivity index (χ0n) is 45.3. The summed E-state index contributed by atoms with van der Waals surface area (Å²) in [7, 11) is 0. The first-order chi connectivity index (χ1) is 35.4. The maximum Gasteiger partial charge on any atom is 0.335 e. The molecule has 432 valence electrons. The smallest absolute Gasteiger partial charge is 0.335 e. The van der Waals surface area contributed by atoms with Crippen molar-refractivity contribution in [2.75, 3.05) is 19.8 Å². The van der Waals surface area contributed by atoms with Crippen molar-refractivity contribution in [1.82, 2.24) is 0 Å². The minimum atomic E-state index is -2.05. The second kappa shape index (κ2) is 21.3. The van der Waals surface area contributed by atoms with Crippen LogP contribution < -0.4 is 0 Å². The highest BCUT2D eigenvalue weighted by molar-refractivity contribution is 5.87. The van der Waals surface area contributed by atoms with Gasteiger partial charge in [-0.25, -0.2) is 9.59 Å². The number of aliphatic hydroxyl groups is 10. The lowest BCUT2D eigenvalue weighted by atomic mass is 9.33. The summed E-state index contributed by atoms with van der Waals surface area (Å²) in [5, 5.41) is 120. The van der Waals surface area contributed by atoms with Crippen LogP contribution in [0.1, 0.15) is 114 Å². The Morgan fingerprint density at radius 2 is 1.38 bits per heavy atom. The monoisotopic (exact) mass is 1080 g/mol. The lowest BCUT2D eigenvalue weighted by Gasteiger charge is -2.72. The summed E-state index contributed by atoms with van der Waals surface area (Å²) < 4.78 is 48.2. The number of carbonyl (C=O) groups excluding carboxylic acids is 2. The third-order valence-corrected chi connectivity index (χ3v) is 20.5. The van der Waals surface area contributed by atoms with E-state index in [0.717, 1.165) is 5.57 Å². The summed E-state index contributed by atoms with van der Waals surface area (Å²) in [6.45, 7) is 17.6. The lowest BCUT2D eigenvalue weighted by Crippen LogP contribution is -2.72. The molecule has 22 heteroatoms. The Bertz CT molecular complexity index is 2220. The quantitative estimate of drug-likeness (QED) is 0.0543. The average molecular weight is 1090 g/mol. The van der Waals surface area contributed by atoms with Gasteiger partial charge < -0.3 is 94.1 Å². The Labute approximate surface area is 443 Å². The zero-order valence-corrected chi connectivity index (χ0v) is 45.3. The Balaban J connectivity index is 1.09. The van der Waals surface area contributed by atoms with E-state index in [1.807, 2.05) is 13.8 Å². The minimum absolute atomic E-state index is 0.0380.